The SMILES string of the molecule is O=C(CCC1CCCCN1)NCCCc1ncn[nH]1. The van der Waals surface area contributed by atoms with Crippen molar-refractivity contribution in [3.8, 4) is 0 Å². The smallest absolute Gasteiger partial charge is 0.220 e. The Morgan fingerprint density at radius 2 is 2.42 bits per heavy atom. The Bertz CT molecular complexity index is 359. The number of carbonyl (C=O) groups is 1. The van der Waals surface area contributed by atoms with Crippen molar-refractivity contribution in [1.29, 1.82) is 0 Å². The summed E-state index contributed by atoms with van der Waals surface area (Å²) in [6.45, 7) is 1.81. The Hall–Kier alpha value is -1.43. The zero-order chi connectivity index (χ0) is 13.3. The van der Waals surface area contributed by atoms with Gasteiger partial charge in [0, 0.05) is 25.4 Å². The largest absolute Gasteiger partial charge is 0.356 e. The van der Waals surface area contributed by atoms with E-state index in [-0.39, 0.29) is 5.91 Å². The van der Waals surface area contributed by atoms with Gasteiger partial charge in [0.25, 0.3) is 0 Å². The van der Waals surface area contributed by atoms with E-state index in [1.807, 2.05) is 0 Å². The first-order chi connectivity index (χ1) is 9.34. The molecule has 1 fully saturated rings. The van der Waals surface area contributed by atoms with Gasteiger partial charge in [0.1, 0.15) is 12.2 Å². The van der Waals surface area contributed by atoms with Gasteiger partial charge in [-0.1, -0.05) is 6.42 Å². The average molecular weight is 265 g/mol. The highest BCUT2D eigenvalue weighted by Crippen LogP contribution is 2.11. The van der Waals surface area contributed by atoms with Crippen molar-refractivity contribution >= 4 is 5.91 Å². The van der Waals surface area contributed by atoms with Gasteiger partial charge in [-0.05, 0) is 32.2 Å². The number of nitrogens with zero attached hydrogens (tertiary/aromatic N) is 2. The third kappa shape index (κ3) is 5.38. The molecule has 0 spiro atoms. The van der Waals surface area contributed by atoms with Crippen LogP contribution >= 0.6 is 0 Å². The minimum absolute atomic E-state index is 0.157. The van der Waals surface area contributed by atoms with Crippen LogP contribution < -0.4 is 10.6 Å². The lowest BCUT2D eigenvalue weighted by molar-refractivity contribution is -0.121. The monoisotopic (exact) mass is 265 g/mol. The highest BCUT2D eigenvalue weighted by atomic mass is 16.1. The Kier molecular flexibility index (Phi) is 5.81. The standard InChI is InChI=1S/C13H23N5O/c19-13(7-6-11-4-1-2-8-14-11)15-9-3-5-12-16-10-17-18-12/h10-11,14H,1-9H2,(H,15,19)(H,16,17,18). The van der Waals surface area contributed by atoms with E-state index in [0.717, 1.165) is 31.6 Å². The minimum atomic E-state index is 0.157. The maximum Gasteiger partial charge on any atom is 0.220 e. The predicted molar refractivity (Wildman–Crippen MR) is 72.6 cm³/mol. The Labute approximate surface area is 113 Å². The number of piperidine rings is 1. The first-order valence-electron chi connectivity index (χ1n) is 7.19. The number of nitrogens with one attached hydrogen (secondary N) is 3. The average Bonchev–Trinajstić information content (AvgIpc) is 2.96. The molecule has 2 heterocycles. The first kappa shape index (κ1) is 14.0. The second-order valence-electron chi connectivity index (χ2n) is 5.07. The summed E-state index contributed by atoms with van der Waals surface area (Å²) in [7, 11) is 0. The van der Waals surface area contributed by atoms with Crippen LogP contribution in [-0.2, 0) is 11.2 Å². The van der Waals surface area contributed by atoms with Gasteiger partial charge in [0.2, 0.25) is 5.91 Å². The molecule has 0 radical (unpaired) electrons. The molecular weight excluding hydrogens is 242 g/mol. The highest BCUT2D eigenvalue weighted by molar-refractivity contribution is 5.75. The number of hydrogen-bond donors (Lipinski definition) is 3. The molecule has 0 aliphatic carbocycles. The summed E-state index contributed by atoms with van der Waals surface area (Å²) in [6, 6.07) is 0.536. The molecule has 0 saturated carbocycles. The fourth-order valence-corrected chi connectivity index (χ4v) is 2.40. The summed E-state index contributed by atoms with van der Waals surface area (Å²) in [5.41, 5.74) is 0. The second-order valence-corrected chi connectivity index (χ2v) is 5.07. The van der Waals surface area contributed by atoms with Gasteiger partial charge in [-0.3, -0.25) is 9.89 Å². The summed E-state index contributed by atoms with van der Waals surface area (Å²) in [6.07, 6.45) is 8.56. The molecule has 1 aliphatic rings. The zero-order valence-corrected chi connectivity index (χ0v) is 11.3. The topological polar surface area (TPSA) is 82.7 Å². The molecule has 2 rings (SSSR count). The molecule has 1 atom stereocenters. The summed E-state index contributed by atoms with van der Waals surface area (Å²) in [4.78, 5) is 15.7. The molecule has 0 aromatic carbocycles. The fourth-order valence-electron chi connectivity index (χ4n) is 2.40. The van der Waals surface area contributed by atoms with Gasteiger partial charge in [0.15, 0.2) is 0 Å². The molecule has 1 aliphatic heterocycles. The lowest BCUT2D eigenvalue weighted by Gasteiger charge is -2.23. The number of hydrogen-bond acceptors (Lipinski definition) is 4. The molecule has 1 unspecified atom stereocenters. The van der Waals surface area contributed by atoms with Crippen molar-refractivity contribution in [2.75, 3.05) is 13.1 Å². The maximum atomic E-state index is 11.7. The summed E-state index contributed by atoms with van der Waals surface area (Å²) in [5, 5.41) is 13.0. The van der Waals surface area contributed by atoms with Gasteiger partial charge < -0.3 is 10.6 Å². The molecule has 6 nitrogen and oxygen atoms in total. The number of aromatic nitrogens is 3. The summed E-state index contributed by atoms with van der Waals surface area (Å²) < 4.78 is 0. The van der Waals surface area contributed by atoms with Crippen LogP contribution in [0.3, 0.4) is 0 Å². The molecule has 19 heavy (non-hydrogen) atoms. The summed E-state index contributed by atoms with van der Waals surface area (Å²) >= 11 is 0. The number of H-pyrrole nitrogens is 1. The van der Waals surface area contributed by atoms with E-state index in [4.69, 9.17) is 0 Å². The number of aromatic amines is 1. The Balaban J connectivity index is 1.49. The van der Waals surface area contributed by atoms with E-state index in [9.17, 15) is 4.79 Å². The van der Waals surface area contributed by atoms with Crippen LogP contribution in [0.1, 0.15) is 44.3 Å². The van der Waals surface area contributed by atoms with Crippen LogP contribution in [0.25, 0.3) is 0 Å². The lowest BCUT2D eigenvalue weighted by Crippen LogP contribution is -2.35. The lowest BCUT2D eigenvalue weighted by atomic mass is 10.0. The molecule has 0 bridgehead atoms. The molecule has 6 heteroatoms. The van der Waals surface area contributed by atoms with Crippen LogP contribution in [0, 0.1) is 0 Å². The molecular formula is C13H23N5O. The van der Waals surface area contributed by atoms with E-state index in [2.05, 4.69) is 25.8 Å². The van der Waals surface area contributed by atoms with Gasteiger partial charge in [-0.2, -0.15) is 5.10 Å². The van der Waals surface area contributed by atoms with Crippen LogP contribution in [0.5, 0.6) is 0 Å². The molecule has 1 aromatic heterocycles. The van der Waals surface area contributed by atoms with E-state index < -0.39 is 0 Å². The number of amides is 1. The Morgan fingerprint density at radius 1 is 1.47 bits per heavy atom. The van der Waals surface area contributed by atoms with Crippen molar-refractivity contribution in [2.24, 2.45) is 0 Å². The van der Waals surface area contributed by atoms with Gasteiger partial charge in [-0.25, -0.2) is 4.98 Å². The minimum Gasteiger partial charge on any atom is -0.356 e. The molecule has 3 N–H and O–H groups in total. The maximum absolute atomic E-state index is 11.7. The second kappa shape index (κ2) is 7.89. The third-order valence-corrected chi connectivity index (χ3v) is 3.51. The normalized spacial score (nSPS) is 19.3. The Morgan fingerprint density at radius 3 is 3.16 bits per heavy atom. The fraction of sp³-hybridized carbons (Fsp3) is 0.769. The van der Waals surface area contributed by atoms with E-state index in [1.54, 1.807) is 0 Å². The molecule has 106 valence electrons. The zero-order valence-electron chi connectivity index (χ0n) is 11.3. The predicted octanol–water partition coefficient (Wildman–Crippen LogP) is 0.776. The van der Waals surface area contributed by atoms with Gasteiger partial charge >= 0.3 is 0 Å². The summed E-state index contributed by atoms with van der Waals surface area (Å²) in [5.74, 6) is 1.03. The first-order valence-corrected chi connectivity index (χ1v) is 7.19. The number of carbonyl (C=O) groups excluding carboxylic acids is 1. The van der Waals surface area contributed by atoms with Crippen molar-refractivity contribution < 1.29 is 4.79 Å². The quantitative estimate of drug-likeness (QED) is 0.636. The number of rotatable bonds is 7. The van der Waals surface area contributed by atoms with Gasteiger partial charge in [-0.15, -0.1) is 0 Å². The van der Waals surface area contributed by atoms with Crippen molar-refractivity contribution in [1.82, 2.24) is 25.8 Å². The molecule has 1 aromatic rings. The van der Waals surface area contributed by atoms with E-state index in [1.165, 1.54) is 25.6 Å². The molecule has 1 saturated heterocycles. The van der Waals surface area contributed by atoms with Gasteiger partial charge in [0.05, 0.1) is 0 Å². The van der Waals surface area contributed by atoms with Crippen molar-refractivity contribution in [2.45, 2.75) is 51.0 Å². The molecule has 1 amide bonds. The third-order valence-electron chi connectivity index (χ3n) is 3.51. The van der Waals surface area contributed by atoms with Crippen molar-refractivity contribution in [3.05, 3.63) is 12.2 Å². The van der Waals surface area contributed by atoms with Crippen LogP contribution in [0.2, 0.25) is 0 Å². The van der Waals surface area contributed by atoms with E-state index >= 15 is 0 Å². The van der Waals surface area contributed by atoms with Crippen LogP contribution in [-0.4, -0.2) is 40.2 Å². The van der Waals surface area contributed by atoms with Crippen LogP contribution in [0.4, 0.5) is 0 Å². The van der Waals surface area contributed by atoms with Crippen molar-refractivity contribution in [3.63, 3.8) is 0 Å². The number of aryl methyl sites for hydroxylation is 1. The van der Waals surface area contributed by atoms with E-state index in [0.29, 0.717) is 19.0 Å². The highest BCUT2D eigenvalue weighted by Gasteiger charge is 2.13. The van der Waals surface area contributed by atoms with Crippen LogP contribution in [0.15, 0.2) is 6.33 Å².